The van der Waals surface area contributed by atoms with Crippen LogP contribution >= 0.6 is 0 Å². The quantitative estimate of drug-likeness (QED) is 0.700. The molecule has 0 radical (unpaired) electrons. The van der Waals surface area contributed by atoms with Gasteiger partial charge in [-0.25, -0.2) is 13.9 Å². The van der Waals surface area contributed by atoms with E-state index in [1.54, 1.807) is 36.0 Å². The molecule has 2 aromatic rings. The van der Waals surface area contributed by atoms with Gasteiger partial charge in [0.1, 0.15) is 5.82 Å². The maximum Gasteiger partial charge on any atom is 0.315 e. The summed E-state index contributed by atoms with van der Waals surface area (Å²) >= 11 is 0. The van der Waals surface area contributed by atoms with Gasteiger partial charge in [-0.05, 0) is 51.4 Å². The highest BCUT2D eigenvalue weighted by Gasteiger charge is 2.21. The zero-order chi connectivity index (χ0) is 18.4. The van der Waals surface area contributed by atoms with Gasteiger partial charge < -0.3 is 20.6 Å². The molecule has 0 aliphatic rings. The minimum atomic E-state index is -1.01. The van der Waals surface area contributed by atoms with Crippen LogP contribution in [0.3, 0.4) is 0 Å². The molecule has 0 saturated heterocycles. The third-order valence-corrected chi connectivity index (χ3v) is 3.45. The van der Waals surface area contributed by atoms with Gasteiger partial charge in [0.05, 0.1) is 23.5 Å². The lowest BCUT2D eigenvalue weighted by atomic mass is 10.1. The molecule has 2 amide bonds. The molecule has 2 rings (SSSR count). The molecule has 136 valence electrons. The molecule has 1 aromatic heterocycles. The second-order valence-corrected chi connectivity index (χ2v) is 6.50. The Labute approximate surface area is 146 Å². The SMILES string of the molecule is CN(C)CC(C)(O)CNC(=O)NCc1ccn(-c2ccc(F)cc2)n1. The molecule has 0 aliphatic heterocycles. The van der Waals surface area contributed by atoms with E-state index in [9.17, 15) is 14.3 Å². The highest BCUT2D eigenvalue weighted by Crippen LogP contribution is 2.09. The number of nitrogens with one attached hydrogen (secondary N) is 2. The van der Waals surface area contributed by atoms with Crippen LogP contribution in [0.15, 0.2) is 36.5 Å². The van der Waals surface area contributed by atoms with Crippen LogP contribution in [-0.2, 0) is 6.54 Å². The predicted octanol–water partition coefficient (Wildman–Crippen LogP) is 1.12. The first-order valence-corrected chi connectivity index (χ1v) is 7.94. The summed E-state index contributed by atoms with van der Waals surface area (Å²) in [5.41, 5.74) is 0.390. The molecule has 8 heteroatoms. The van der Waals surface area contributed by atoms with Crippen molar-refractivity contribution < 1.29 is 14.3 Å². The average molecular weight is 349 g/mol. The Kier molecular flexibility index (Phi) is 6.11. The molecule has 3 N–H and O–H groups in total. The topological polar surface area (TPSA) is 82.4 Å². The number of aliphatic hydroxyl groups is 1. The fourth-order valence-corrected chi connectivity index (χ4v) is 2.43. The minimum Gasteiger partial charge on any atom is -0.387 e. The second kappa shape index (κ2) is 8.09. The lowest BCUT2D eigenvalue weighted by Gasteiger charge is -2.27. The largest absolute Gasteiger partial charge is 0.387 e. The summed E-state index contributed by atoms with van der Waals surface area (Å²) in [5.74, 6) is -0.306. The Morgan fingerprint density at radius 2 is 1.96 bits per heavy atom. The van der Waals surface area contributed by atoms with Crippen LogP contribution in [-0.4, -0.2) is 58.6 Å². The molecule has 1 unspecified atom stereocenters. The molecule has 0 spiro atoms. The van der Waals surface area contributed by atoms with E-state index in [2.05, 4.69) is 15.7 Å². The van der Waals surface area contributed by atoms with E-state index >= 15 is 0 Å². The Morgan fingerprint density at radius 3 is 2.60 bits per heavy atom. The first-order chi connectivity index (χ1) is 11.7. The van der Waals surface area contributed by atoms with Crippen LogP contribution in [0.2, 0.25) is 0 Å². The Hall–Kier alpha value is -2.45. The van der Waals surface area contributed by atoms with Crippen LogP contribution in [0.4, 0.5) is 9.18 Å². The number of rotatable bonds is 7. The fraction of sp³-hybridized carbons (Fsp3) is 0.412. The van der Waals surface area contributed by atoms with Crippen LogP contribution < -0.4 is 10.6 Å². The van der Waals surface area contributed by atoms with Crippen molar-refractivity contribution in [1.29, 1.82) is 0 Å². The number of hydrogen-bond donors (Lipinski definition) is 3. The molecule has 0 aliphatic carbocycles. The Balaban J connectivity index is 1.81. The molecular weight excluding hydrogens is 325 g/mol. The number of likely N-dealkylation sites (N-methyl/N-ethyl adjacent to an activating group) is 1. The van der Waals surface area contributed by atoms with Gasteiger partial charge in [-0.15, -0.1) is 0 Å². The maximum atomic E-state index is 12.9. The Bertz CT molecular complexity index is 697. The van der Waals surface area contributed by atoms with Crippen molar-refractivity contribution >= 4 is 6.03 Å². The van der Waals surface area contributed by atoms with Crippen LogP contribution in [0, 0.1) is 5.82 Å². The van der Waals surface area contributed by atoms with Crippen molar-refractivity contribution in [1.82, 2.24) is 25.3 Å². The fourth-order valence-electron chi connectivity index (χ4n) is 2.43. The zero-order valence-electron chi connectivity index (χ0n) is 14.7. The number of halogens is 1. The number of urea groups is 1. The van der Waals surface area contributed by atoms with Gasteiger partial charge in [-0.2, -0.15) is 5.10 Å². The van der Waals surface area contributed by atoms with E-state index in [-0.39, 0.29) is 24.9 Å². The second-order valence-electron chi connectivity index (χ2n) is 6.50. The molecule has 0 bridgehead atoms. The highest BCUT2D eigenvalue weighted by molar-refractivity contribution is 5.73. The first kappa shape index (κ1) is 18.9. The van der Waals surface area contributed by atoms with Crippen molar-refractivity contribution in [3.8, 4) is 5.69 Å². The smallest absolute Gasteiger partial charge is 0.315 e. The maximum absolute atomic E-state index is 12.9. The Morgan fingerprint density at radius 1 is 1.28 bits per heavy atom. The zero-order valence-corrected chi connectivity index (χ0v) is 14.7. The summed E-state index contributed by atoms with van der Waals surface area (Å²) in [6.07, 6.45) is 1.74. The van der Waals surface area contributed by atoms with Crippen LogP contribution in [0.1, 0.15) is 12.6 Å². The molecule has 0 fully saturated rings. The van der Waals surface area contributed by atoms with E-state index in [0.717, 1.165) is 5.69 Å². The van der Waals surface area contributed by atoms with Crippen LogP contribution in [0.5, 0.6) is 0 Å². The van der Waals surface area contributed by atoms with Gasteiger partial charge in [-0.1, -0.05) is 0 Å². The van der Waals surface area contributed by atoms with Crippen molar-refractivity contribution in [2.24, 2.45) is 0 Å². The summed E-state index contributed by atoms with van der Waals surface area (Å²) in [6.45, 7) is 2.49. The number of carbonyl (C=O) groups is 1. The lowest BCUT2D eigenvalue weighted by molar-refractivity contribution is 0.0360. The van der Waals surface area contributed by atoms with Gasteiger partial charge in [0, 0.05) is 19.3 Å². The first-order valence-electron chi connectivity index (χ1n) is 7.94. The number of benzene rings is 1. The van der Waals surface area contributed by atoms with Gasteiger partial charge in [0.15, 0.2) is 0 Å². The molecule has 1 heterocycles. The van der Waals surface area contributed by atoms with E-state index in [1.807, 2.05) is 19.0 Å². The van der Waals surface area contributed by atoms with Crippen molar-refractivity contribution in [2.75, 3.05) is 27.2 Å². The monoisotopic (exact) mass is 349 g/mol. The average Bonchev–Trinajstić information content (AvgIpc) is 2.99. The van der Waals surface area contributed by atoms with Gasteiger partial charge in [0.2, 0.25) is 0 Å². The van der Waals surface area contributed by atoms with Gasteiger partial charge in [0.25, 0.3) is 0 Å². The van der Waals surface area contributed by atoms with E-state index in [1.165, 1.54) is 12.1 Å². The third kappa shape index (κ3) is 6.17. The van der Waals surface area contributed by atoms with Crippen molar-refractivity contribution in [3.63, 3.8) is 0 Å². The summed E-state index contributed by atoms with van der Waals surface area (Å²) in [4.78, 5) is 13.7. The van der Waals surface area contributed by atoms with Gasteiger partial charge >= 0.3 is 6.03 Å². The van der Waals surface area contributed by atoms with E-state index in [0.29, 0.717) is 12.2 Å². The molecule has 25 heavy (non-hydrogen) atoms. The lowest BCUT2D eigenvalue weighted by Crippen LogP contribution is -2.49. The number of nitrogens with zero attached hydrogens (tertiary/aromatic N) is 3. The minimum absolute atomic E-state index is 0.140. The number of hydrogen-bond acceptors (Lipinski definition) is 4. The summed E-state index contributed by atoms with van der Waals surface area (Å²) in [5, 5.41) is 19.8. The number of aromatic nitrogens is 2. The molecule has 1 aromatic carbocycles. The normalized spacial score (nSPS) is 13.5. The molecule has 0 saturated carbocycles. The summed E-state index contributed by atoms with van der Waals surface area (Å²) in [7, 11) is 3.71. The highest BCUT2D eigenvalue weighted by atomic mass is 19.1. The predicted molar refractivity (Wildman–Crippen MR) is 92.9 cm³/mol. The number of amides is 2. The third-order valence-electron chi connectivity index (χ3n) is 3.45. The summed E-state index contributed by atoms with van der Waals surface area (Å²) in [6, 6.07) is 7.36. The van der Waals surface area contributed by atoms with Crippen LogP contribution in [0.25, 0.3) is 5.69 Å². The summed E-state index contributed by atoms with van der Waals surface area (Å²) < 4.78 is 14.5. The standard InChI is InChI=1S/C17H24FN5O2/c1-17(25,12-22(2)3)11-20-16(24)19-10-14-8-9-23(21-14)15-6-4-13(18)5-7-15/h4-9,25H,10-12H2,1-3H3,(H2,19,20,24). The number of carbonyl (C=O) groups excluding carboxylic acids is 1. The van der Waals surface area contributed by atoms with E-state index in [4.69, 9.17) is 0 Å². The van der Waals surface area contributed by atoms with Crippen molar-refractivity contribution in [2.45, 2.75) is 19.1 Å². The van der Waals surface area contributed by atoms with Gasteiger partial charge in [-0.3, -0.25) is 0 Å². The molecular formula is C17H24FN5O2. The molecule has 7 nitrogen and oxygen atoms in total. The van der Waals surface area contributed by atoms with Crippen molar-refractivity contribution in [3.05, 3.63) is 48.0 Å². The van der Waals surface area contributed by atoms with E-state index < -0.39 is 5.60 Å². The molecule has 1 atom stereocenters.